The standard InChI is InChI=1S/C21H17ClF3N5O3S/c1-8-15(22)9(2)30(29-8)10(3)19(32)28-16-14-11(12-5-4-6-33-12)7-13(21(23,24)25)27-20(14)34-17(16)18(26)31/h4-7,10H,1-3H3,(H2,26,31)(H,28,32). The number of hydrogen-bond acceptors (Lipinski definition) is 6. The zero-order valence-electron chi connectivity index (χ0n) is 18.0. The van der Waals surface area contributed by atoms with Crippen LogP contribution in [0.2, 0.25) is 5.02 Å². The SMILES string of the molecule is Cc1nn(C(C)C(=O)Nc2c(C(N)=O)sc3nc(C(F)(F)F)cc(-c4ccco4)c23)c(C)c1Cl. The van der Waals surface area contributed by atoms with Crippen molar-refractivity contribution in [2.75, 3.05) is 5.32 Å². The predicted molar refractivity (Wildman–Crippen MR) is 121 cm³/mol. The highest BCUT2D eigenvalue weighted by Gasteiger charge is 2.35. The number of aryl methyl sites for hydroxylation is 1. The molecule has 2 amide bonds. The Labute approximate surface area is 199 Å². The van der Waals surface area contributed by atoms with Crippen molar-refractivity contribution in [3.63, 3.8) is 0 Å². The van der Waals surface area contributed by atoms with Crippen LogP contribution in [-0.2, 0) is 11.0 Å². The number of thiophene rings is 1. The average Bonchev–Trinajstić information content (AvgIpc) is 3.48. The van der Waals surface area contributed by atoms with Crippen molar-refractivity contribution in [2.45, 2.75) is 33.0 Å². The van der Waals surface area contributed by atoms with Crippen molar-refractivity contribution in [1.29, 1.82) is 0 Å². The molecule has 0 aromatic carbocycles. The number of amides is 2. The van der Waals surface area contributed by atoms with Crippen molar-refractivity contribution in [2.24, 2.45) is 5.73 Å². The normalized spacial score (nSPS) is 12.8. The third-order valence-corrected chi connectivity index (χ3v) is 6.84. The first-order valence-corrected chi connectivity index (χ1v) is 11.0. The molecule has 0 aliphatic carbocycles. The number of halogens is 4. The summed E-state index contributed by atoms with van der Waals surface area (Å²) in [5.41, 5.74) is 5.36. The maximum absolute atomic E-state index is 13.5. The van der Waals surface area contributed by atoms with Gasteiger partial charge in [0.2, 0.25) is 5.91 Å². The second-order valence-corrected chi connectivity index (χ2v) is 8.85. The molecule has 8 nitrogen and oxygen atoms in total. The van der Waals surface area contributed by atoms with Crippen LogP contribution in [0, 0.1) is 13.8 Å². The van der Waals surface area contributed by atoms with E-state index in [1.807, 2.05) is 0 Å². The van der Waals surface area contributed by atoms with Gasteiger partial charge in [-0.25, -0.2) is 4.98 Å². The fraction of sp³-hybridized carbons (Fsp3) is 0.238. The summed E-state index contributed by atoms with van der Waals surface area (Å²) in [5.74, 6) is -1.42. The molecule has 13 heteroatoms. The van der Waals surface area contributed by atoms with Crippen molar-refractivity contribution < 1.29 is 27.2 Å². The molecule has 34 heavy (non-hydrogen) atoms. The summed E-state index contributed by atoms with van der Waals surface area (Å²) < 4.78 is 47.3. The number of pyridine rings is 1. The third kappa shape index (κ3) is 4.03. The molecule has 4 aromatic heterocycles. The number of furan rings is 1. The molecule has 1 atom stereocenters. The second kappa shape index (κ2) is 8.44. The molecule has 0 saturated carbocycles. The number of anilines is 1. The van der Waals surface area contributed by atoms with Gasteiger partial charge in [0.05, 0.1) is 28.4 Å². The largest absolute Gasteiger partial charge is 0.464 e. The van der Waals surface area contributed by atoms with Crippen LogP contribution in [0.4, 0.5) is 18.9 Å². The average molecular weight is 512 g/mol. The minimum atomic E-state index is -4.75. The number of carbonyl (C=O) groups excluding carboxylic acids is 2. The van der Waals surface area contributed by atoms with Crippen LogP contribution in [0.1, 0.15) is 39.7 Å². The van der Waals surface area contributed by atoms with Gasteiger partial charge in [0.1, 0.15) is 27.2 Å². The van der Waals surface area contributed by atoms with E-state index in [1.165, 1.54) is 23.1 Å². The monoisotopic (exact) mass is 511 g/mol. The van der Waals surface area contributed by atoms with Crippen LogP contribution in [0.15, 0.2) is 28.9 Å². The number of fused-ring (bicyclic) bond motifs is 1. The lowest BCUT2D eigenvalue weighted by Gasteiger charge is -2.16. The molecule has 0 saturated heterocycles. The number of nitrogens with two attached hydrogens (primary N) is 1. The molecule has 0 aliphatic rings. The van der Waals surface area contributed by atoms with Gasteiger partial charge in [-0.2, -0.15) is 18.3 Å². The fourth-order valence-electron chi connectivity index (χ4n) is 3.52. The number of nitrogens with zero attached hydrogens (tertiary/aromatic N) is 3. The molecule has 1 unspecified atom stereocenters. The zero-order valence-corrected chi connectivity index (χ0v) is 19.5. The molecule has 0 fully saturated rings. The minimum absolute atomic E-state index is 0.00295. The Morgan fingerprint density at radius 2 is 2.03 bits per heavy atom. The van der Waals surface area contributed by atoms with E-state index in [-0.39, 0.29) is 32.1 Å². The first-order valence-electron chi connectivity index (χ1n) is 9.80. The van der Waals surface area contributed by atoms with Gasteiger partial charge in [0.15, 0.2) is 0 Å². The molecule has 178 valence electrons. The second-order valence-electron chi connectivity index (χ2n) is 7.48. The molecule has 0 bridgehead atoms. The van der Waals surface area contributed by atoms with Crippen LogP contribution >= 0.6 is 22.9 Å². The van der Waals surface area contributed by atoms with Gasteiger partial charge in [-0.05, 0) is 39.0 Å². The summed E-state index contributed by atoms with van der Waals surface area (Å²) in [7, 11) is 0. The van der Waals surface area contributed by atoms with Crippen LogP contribution in [0.25, 0.3) is 21.5 Å². The Kier molecular flexibility index (Phi) is 5.90. The number of rotatable bonds is 5. The molecule has 0 aliphatic heterocycles. The van der Waals surface area contributed by atoms with Crippen LogP contribution in [-0.4, -0.2) is 26.6 Å². The maximum Gasteiger partial charge on any atom is 0.433 e. The Morgan fingerprint density at radius 1 is 1.32 bits per heavy atom. The highest BCUT2D eigenvalue weighted by Crippen LogP contribution is 2.44. The molecule has 0 spiro atoms. The van der Waals surface area contributed by atoms with Crippen molar-refractivity contribution >= 4 is 50.7 Å². The topological polar surface area (TPSA) is 116 Å². The number of hydrogen-bond donors (Lipinski definition) is 2. The summed E-state index contributed by atoms with van der Waals surface area (Å²) in [5, 5.41) is 7.40. The highest BCUT2D eigenvalue weighted by molar-refractivity contribution is 7.21. The van der Waals surface area contributed by atoms with E-state index in [1.54, 1.807) is 20.8 Å². The predicted octanol–water partition coefficient (Wildman–Crippen LogP) is 5.34. The van der Waals surface area contributed by atoms with E-state index in [0.717, 1.165) is 6.07 Å². The number of nitrogens with one attached hydrogen (secondary N) is 1. The molecule has 4 heterocycles. The lowest BCUT2D eigenvalue weighted by molar-refractivity contribution is -0.140. The summed E-state index contributed by atoms with van der Waals surface area (Å²) >= 11 is 6.83. The Morgan fingerprint density at radius 3 is 2.56 bits per heavy atom. The molecule has 3 N–H and O–H groups in total. The van der Waals surface area contributed by atoms with Gasteiger partial charge in [0, 0.05) is 10.9 Å². The quantitative estimate of drug-likeness (QED) is 0.375. The highest BCUT2D eigenvalue weighted by atomic mass is 35.5. The van der Waals surface area contributed by atoms with Gasteiger partial charge in [-0.3, -0.25) is 14.3 Å². The lowest BCUT2D eigenvalue weighted by atomic mass is 10.1. The van der Waals surface area contributed by atoms with Gasteiger partial charge < -0.3 is 15.5 Å². The van der Waals surface area contributed by atoms with E-state index >= 15 is 0 Å². The van der Waals surface area contributed by atoms with Crippen LogP contribution < -0.4 is 11.1 Å². The number of aromatic nitrogens is 3. The van der Waals surface area contributed by atoms with Crippen molar-refractivity contribution in [3.8, 4) is 11.3 Å². The van der Waals surface area contributed by atoms with Crippen LogP contribution in [0.3, 0.4) is 0 Å². The van der Waals surface area contributed by atoms with Crippen molar-refractivity contribution in [3.05, 3.63) is 51.4 Å². The first kappa shape index (κ1) is 23.8. The van der Waals surface area contributed by atoms with Gasteiger partial charge in [-0.15, -0.1) is 11.3 Å². The Balaban J connectivity index is 1.89. The van der Waals surface area contributed by atoms with E-state index in [2.05, 4.69) is 15.4 Å². The van der Waals surface area contributed by atoms with E-state index in [9.17, 15) is 22.8 Å². The Bertz CT molecular complexity index is 1430. The molecular formula is C21H17ClF3N5O3S. The smallest absolute Gasteiger partial charge is 0.433 e. The fourth-order valence-corrected chi connectivity index (χ4v) is 4.65. The van der Waals surface area contributed by atoms with E-state index in [4.69, 9.17) is 21.8 Å². The van der Waals surface area contributed by atoms with Crippen molar-refractivity contribution in [1.82, 2.24) is 14.8 Å². The lowest BCUT2D eigenvalue weighted by Crippen LogP contribution is -2.26. The van der Waals surface area contributed by atoms with Gasteiger partial charge in [-0.1, -0.05) is 11.6 Å². The van der Waals surface area contributed by atoms with E-state index < -0.39 is 29.7 Å². The Hall–Kier alpha value is -3.38. The molecule has 0 radical (unpaired) electrons. The molecular weight excluding hydrogens is 495 g/mol. The molecule has 4 rings (SSSR count). The summed E-state index contributed by atoms with van der Waals surface area (Å²) in [6, 6.07) is 2.90. The zero-order chi connectivity index (χ0) is 24.9. The molecule has 4 aromatic rings. The van der Waals surface area contributed by atoms with Gasteiger partial charge in [0.25, 0.3) is 5.91 Å². The number of primary amides is 1. The summed E-state index contributed by atoms with van der Waals surface area (Å²) in [4.78, 5) is 28.7. The number of carbonyl (C=O) groups is 2. The third-order valence-electron chi connectivity index (χ3n) is 5.19. The first-order chi connectivity index (χ1) is 15.9. The minimum Gasteiger partial charge on any atom is -0.464 e. The van der Waals surface area contributed by atoms with E-state index in [0.29, 0.717) is 27.7 Å². The van der Waals surface area contributed by atoms with Gasteiger partial charge >= 0.3 is 6.18 Å². The number of alkyl halides is 3. The summed E-state index contributed by atoms with van der Waals surface area (Å²) in [6.45, 7) is 4.95. The summed E-state index contributed by atoms with van der Waals surface area (Å²) in [6.07, 6.45) is -3.46. The maximum atomic E-state index is 13.5. The van der Waals surface area contributed by atoms with Crippen LogP contribution in [0.5, 0.6) is 0 Å².